The number of nitrogens with two attached hydrogens (primary N) is 1. The molecule has 0 fully saturated rings. The van der Waals surface area contributed by atoms with E-state index in [0.29, 0.717) is 30.4 Å². The van der Waals surface area contributed by atoms with Crippen LogP contribution in [0.5, 0.6) is 0 Å². The Morgan fingerprint density at radius 2 is 2.06 bits per heavy atom. The molecule has 5 nitrogen and oxygen atoms in total. The standard InChI is InChI=1S/C12H14BrN3O2/c1-15-10-7-8(13)3-4-9(10)11(17)16(12(15)18)6-2-5-14/h3-4,7H,2,5-6,14H2,1H3. The van der Waals surface area contributed by atoms with E-state index in [1.165, 1.54) is 9.13 Å². The van der Waals surface area contributed by atoms with Crippen LogP contribution in [0.15, 0.2) is 32.3 Å². The summed E-state index contributed by atoms with van der Waals surface area (Å²) in [5.41, 5.74) is 5.48. The van der Waals surface area contributed by atoms with Gasteiger partial charge in [-0.2, -0.15) is 0 Å². The normalized spacial score (nSPS) is 11.1. The van der Waals surface area contributed by atoms with Gasteiger partial charge in [-0.05, 0) is 31.2 Å². The zero-order valence-corrected chi connectivity index (χ0v) is 11.6. The number of rotatable bonds is 3. The zero-order chi connectivity index (χ0) is 13.3. The van der Waals surface area contributed by atoms with Gasteiger partial charge in [0.25, 0.3) is 5.56 Å². The van der Waals surface area contributed by atoms with Crippen LogP contribution < -0.4 is 17.0 Å². The second kappa shape index (κ2) is 5.07. The fourth-order valence-electron chi connectivity index (χ4n) is 1.93. The summed E-state index contributed by atoms with van der Waals surface area (Å²) in [6, 6.07) is 5.28. The molecule has 0 aliphatic heterocycles. The molecule has 18 heavy (non-hydrogen) atoms. The predicted octanol–water partition coefficient (Wildman–Crippen LogP) is 0.811. The first-order valence-electron chi connectivity index (χ1n) is 5.65. The monoisotopic (exact) mass is 311 g/mol. The molecule has 1 aromatic carbocycles. The molecule has 0 bridgehead atoms. The van der Waals surface area contributed by atoms with E-state index in [2.05, 4.69) is 15.9 Å². The van der Waals surface area contributed by atoms with Gasteiger partial charge in [-0.25, -0.2) is 4.79 Å². The van der Waals surface area contributed by atoms with Gasteiger partial charge in [-0.3, -0.25) is 13.9 Å². The molecular weight excluding hydrogens is 298 g/mol. The van der Waals surface area contributed by atoms with Crippen LogP contribution in [-0.4, -0.2) is 15.7 Å². The maximum Gasteiger partial charge on any atom is 0.331 e. The average molecular weight is 312 g/mol. The summed E-state index contributed by atoms with van der Waals surface area (Å²) in [6.45, 7) is 0.808. The van der Waals surface area contributed by atoms with Crippen LogP contribution in [0, 0.1) is 0 Å². The lowest BCUT2D eigenvalue weighted by molar-refractivity contribution is 0.579. The van der Waals surface area contributed by atoms with Gasteiger partial charge in [0, 0.05) is 18.1 Å². The number of hydrogen-bond acceptors (Lipinski definition) is 3. The van der Waals surface area contributed by atoms with E-state index in [1.54, 1.807) is 25.2 Å². The minimum atomic E-state index is -0.306. The molecule has 1 heterocycles. The highest BCUT2D eigenvalue weighted by molar-refractivity contribution is 9.10. The van der Waals surface area contributed by atoms with Crippen molar-refractivity contribution in [3.8, 4) is 0 Å². The van der Waals surface area contributed by atoms with Gasteiger partial charge >= 0.3 is 5.69 Å². The lowest BCUT2D eigenvalue weighted by atomic mass is 10.2. The molecule has 2 N–H and O–H groups in total. The first-order chi connectivity index (χ1) is 8.56. The van der Waals surface area contributed by atoms with E-state index in [1.807, 2.05) is 0 Å². The summed E-state index contributed by atoms with van der Waals surface area (Å²) in [7, 11) is 1.66. The van der Waals surface area contributed by atoms with Crippen molar-refractivity contribution in [2.45, 2.75) is 13.0 Å². The van der Waals surface area contributed by atoms with Crippen molar-refractivity contribution in [2.75, 3.05) is 6.54 Å². The summed E-state index contributed by atoms with van der Waals surface area (Å²) in [4.78, 5) is 24.3. The lowest BCUT2D eigenvalue weighted by Crippen LogP contribution is -2.39. The van der Waals surface area contributed by atoms with Gasteiger partial charge < -0.3 is 5.73 Å². The highest BCUT2D eigenvalue weighted by Gasteiger charge is 2.10. The van der Waals surface area contributed by atoms with Gasteiger partial charge in [-0.1, -0.05) is 15.9 Å². The molecule has 1 aromatic heterocycles. The number of aromatic nitrogens is 2. The lowest BCUT2D eigenvalue weighted by Gasteiger charge is -2.10. The van der Waals surface area contributed by atoms with Crippen molar-refractivity contribution in [2.24, 2.45) is 12.8 Å². The van der Waals surface area contributed by atoms with Crippen molar-refractivity contribution < 1.29 is 0 Å². The third-order valence-corrected chi connectivity index (χ3v) is 3.39. The van der Waals surface area contributed by atoms with Gasteiger partial charge in [0.15, 0.2) is 0 Å². The number of benzene rings is 1. The molecule has 0 unspecified atom stereocenters. The summed E-state index contributed by atoms with van der Waals surface area (Å²) in [5.74, 6) is 0. The molecule has 0 aliphatic rings. The van der Waals surface area contributed by atoms with Gasteiger partial charge in [0.05, 0.1) is 10.9 Å². The Hall–Kier alpha value is -1.40. The van der Waals surface area contributed by atoms with E-state index in [0.717, 1.165) is 4.47 Å². The Kier molecular flexibility index (Phi) is 3.68. The third-order valence-electron chi connectivity index (χ3n) is 2.90. The fraction of sp³-hybridized carbons (Fsp3) is 0.333. The maximum atomic E-state index is 12.2. The molecule has 96 valence electrons. The van der Waals surface area contributed by atoms with Crippen molar-refractivity contribution >= 4 is 26.8 Å². The van der Waals surface area contributed by atoms with Crippen molar-refractivity contribution in [1.29, 1.82) is 0 Å². The Morgan fingerprint density at radius 1 is 1.33 bits per heavy atom. The van der Waals surface area contributed by atoms with Crippen LogP contribution in [0.3, 0.4) is 0 Å². The van der Waals surface area contributed by atoms with Crippen LogP contribution >= 0.6 is 15.9 Å². The smallest absolute Gasteiger partial charge is 0.330 e. The number of hydrogen-bond donors (Lipinski definition) is 1. The predicted molar refractivity (Wildman–Crippen MR) is 74.8 cm³/mol. The van der Waals surface area contributed by atoms with E-state index in [4.69, 9.17) is 5.73 Å². The van der Waals surface area contributed by atoms with Crippen LogP contribution in [0.2, 0.25) is 0 Å². The summed E-state index contributed by atoms with van der Waals surface area (Å²) in [5, 5.41) is 0.539. The summed E-state index contributed by atoms with van der Waals surface area (Å²) in [6.07, 6.45) is 0.608. The quantitative estimate of drug-likeness (QED) is 0.912. The van der Waals surface area contributed by atoms with E-state index in [9.17, 15) is 9.59 Å². The molecule has 0 spiro atoms. The summed E-state index contributed by atoms with van der Waals surface area (Å²) < 4.78 is 3.56. The van der Waals surface area contributed by atoms with Crippen molar-refractivity contribution in [3.05, 3.63) is 43.5 Å². The van der Waals surface area contributed by atoms with Gasteiger partial charge in [0.1, 0.15) is 0 Å². The van der Waals surface area contributed by atoms with Gasteiger partial charge in [-0.15, -0.1) is 0 Å². The Labute approximate surface area is 112 Å². The fourth-order valence-corrected chi connectivity index (χ4v) is 2.28. The molecular formula is C12H14BrN3O2. The Balaban J connectivity index is 2.80. The highest BCUT2D eigenvalue weighted by atomic mass is 79.9. The van der Waals surface area contributed by atoms with E-state index in [-0.39, 0.29) is 11.2 Å². The zero-order valence-electron chi connectivity index (χ0n) is 10.0. The molecule has 2 rings (SSSR count). The summed E-state index contributed by atoms with van der Waals surface area (Å²) >= 11 is 3.34. The third kappa shape index (κ3) is 2.13. The molecule has 6 heteroatoms. The van der Waals surface area contributed by atoms with Crippen LogP contribution in [0.4, 0.5) is 0 Å². The molecule has 0 saturated heterocycles. The maximum absolute atomic E-state index is 12.2. The number of fused-ring (bicyclic) bond motifs is 1. The largest absolute Gasteiger partial charge is 0.331 e. The van der Waals surface area contributed by atoms with Crippen LogP contribution in [0.25, 0.3) is 10.9 Å². The number of aryl methyl sites for hydroxylation is 1. The average Bonchev–Trinajstić information content (AvgIpc) is 2.36. The first-order valence-corrected chi connectivity index (χ1v) is 6.44. The molecule has 0 atom stereocenters. The molecule has 0 radical (unpaired) electrons. The molecule has 2 aromatic rings. The van der Waals surface area contributed by atoms with Crippen LogP contribution in [-0.2, 0) is 13.6 Å². The minimum absolute atomic E-state index is 0.256. The molecule has 0 saturated carbocycles. The molecule has 0 aliphatic carbocycles. The van der Waals surface area contributed by atoms with Crippen molar-refractivity contribution in [3.63, 3.8) is 0 Å². The Bertz CT molecular complexity index is 703. The first kappa shape index (κ1) is 13.0. The Morgan fingerprint density at radius 3 is 2.72 bits per heavy atom. The number of halogens is 1. The van der Waals surface area contributed by atoms with Gasteiger partial charge in [0.2, 0.25) is 0 Å². The second-order valence-electron chi connectivity index (χ2n) is 4.10. The van der Waals surface area contributed by atoms with Crippen molar-refractivity contribution in [1.82, 2.24) is 9.13 Å². The minimum Gasteiger partial charge on any atom is -0.330 e. The topological polar surface area (TPSA) is 70.0 Å². The van der Waals surface area contributed by atoms with E-state index < -0.39 is 0 Å². The number of nitrogens with zero attached hydrogens (tertiary/aromatic N) is 2. The van der Waals surface area contributed by atoms with Crippen LogP contribution in [0.1, 0.15) is 6.42 Å². The molecule has 0 amide bonds. The van der Waals surface area contributed by atoms with E-state index >= 15 is 0 Å². The highest BCUT2D eigenvalue weighted by Crippen LogP contribution is 2.15. The SMILES string of the molecule is Cn1c(=O)n(CCCN)c(=O)c2ccc(Br)cc21. The second-order valence-corrected chi connectivity index (χ2v) is 5.02.